The second kappa shape index (κ2) is 10.9. The number of nitrogens with one attached hydrogen (secondary N) is 2. The molecule has 0 spiro atoms. The van der Waals surface area contributed by atoms with Crippen LogP contribution in [0.5, 0.6) is 0 Å². The van der Waals surface area contributed by atoms with Gasteiger partial charge in [-0.15, -0.1) is 0 Å². The maximum absolute atomic E-state index is 14.3. The van der Waals surface area contributed by atoms with Crippen molar-refractivity contribution in [2.24, 2.45) is 0 Å². The lowest BCUT2D eigenvalue weighted by Crippen LogP contribution is -2.22. The molecule has 6 nitrogen and oxygen atoms in total. The number of fused-ring (bicyclic) bond motifs is 1. The predicted octanol–water partition coefficient (Wildman–Crippen LogP) is 5.69. The molecule has 0 radical (unpaired) electrons. The first kappa shape index (κ1) is 23.4. The van der Waals surface area contributed by atoms with E-state index >= 15 is 0 Å². The van der Waals surface area contributed by atoms with Gasteiger partial charge in [-0.05, 0) is 52.7 Å². The van der Waals surface area contributed by atoms with Crippen molar-refractivity contribution >= 4 is 33.3 Å². The van der Waals surface area contributed by atoms with Crippen LogP contribution in [0.2, 0.25) is 0 Å². The van der Waals surface area contributed by atoms with Gasteiger partial charge in [-0.25, -0.2) is 9.37 Å². The first-order valence-corrected chi connectivity index (χ1v) is 11.3. The highest BCUT2D eigenvalue weighted by molar-refractivity contribution is 9.10. The largest absolute Gasteiger partial charge is 0.366 e. The monoisotopic (exact) mass is 497 g/mol. The summed E-state index contributed by atoms with van der Waals surface area (Å²) in [4.78, 5) is 16.5. The number of rotatable bonds is 6. The second-order valence-electron chi connectivity index (χ2n) is 6.64. The Kier molecular flexibility index (Phi) is 7.94. The highest BCUT2D eigenvalue weighted by atomic mass is 79.9. The quantitative estimate of drug-likeness (QED) is 0.359. The van der Waals surface area contributed by atoms with Gasteiger partial charge in [0, 0.05) is 30.3 Å². The number of benzene rings is 2. The minimum Gasteiger partial charge on any atom is -0.366 e. The molecule has 0 fully saturated rings. The van der Waals surface area contributed by atoms with Gasteiger partial charge < -0.3 is 10.6 Å². The molecular weight excluding hydrogens is 473 g/mol. The molecule has 32 heavy (non-hydrogen) atoms. The van der Waals surface area contributed by atoms with Gasteiger partial charge in [-0.3, -0.25) is 4.79 Å². The summed E-state index contributed by atoms with van der Waals surface area (Å²) < 4.78 is 16.7. The summed E-state index contributed by atoms with van der Waals surface area (Å²) in [6.07, 6.45) is 1.65. The zero-order valence-corrected chi connectivity index (χ0v) is 19.8. The molecule has 0 aliphatic heterocycles. The van der Waals surface area contributed by atoms with Gasteiger partial charge in [-0.2, -0.15) is 9.61 Å². The van der Waals surface area contributed by atoms with E-state index in [1.807, 2.05) is 32.9 Å². The number of hydrogen-bond donors (Lipinski definition) is 2. The number of nitrogens with zero attached hydrogens (tertiary/aromatic N) is 3. The number of aromatic nitrogens is 3. The van der Waals surface area contributed by atoms with E-state index in [1.165, 1.54) is 6.07 Å². The van der Waals surface area contributed by atoms with Crippen LogP contribution in [0.25, 0.3) is 16.9 Å². The minimum absolute atomic E-state index is 0.0937. The zero-order chi connectivity index (χ0) is 23.1. The first-order valence-electron chi connectivity index (χ1n) is 10.5. The van der Waals surface area contributed by atoms with Gasteiger partial charge in [0.05, 0.1) is 16.4 Å². The lowest BCUT2D eigenvalue weighted by molar-refractivity contribution is 0.0956. The van der Waals surface area contributed by atoms with Crippen molar-refractivity contribution in [3.05, 3.63) is 82.2 Å². The molecule has 0 saturated carbocycles. The van der Waals surface area contributed by atoms with Crippen molar-refractivity contribution in [3.8, 4) is 11.3 Å². The maximum atomic E-state index is 14.3. The fraction of sp³-hybridized carbons (Fsp3) is 0.208. The van der Waals surface area contributed by atoms with Crippen molar-refractivity contribution in [2.45, 2.75) is 27.3 Å². The van der Waals surface area contributed by atoms with Gasteiger partial charge in [0.25, 0.3) is 5.91 Å². The maximum Gasteiger partial charge on any atom is 0.251 e. The molecule has 0 aliphatic carbocycles. The summed E-state index contributed by atoms with van der Waals surface area (Å²) in [5.41, 5.74) is 3.12. The van der Waals surface area contributed by atoms with E-state index in [0.717, 1.165) is 10.0 Å². The van der Waals surface area contributed by atoms with E-state index in [2.05, 4.69) is 36.6 Å². The molecule has 0 saturated heterocycles. The molecule has 2 aromatic carbocycles. The average Bonchev–Trinajstić information content (AvgIpc) is 3.20. The molecule has 0 unspecified atom stereocenters. The lowest BCUT2D eigenvalue weighted by Gasteiger charge is -2.12. The topological polar surface area (TPSA) is 71.3 Å². The van der Waals surface area contributed by atoms with E-state index in [-0.39, 0.29) is 11.7 Å². The third-order valence-electron chi connectivity index (χ3n) is 4.61. The van der Waals surface area contributed by atoms with Gasteiger partial charge in [0.15, 0.2) is 5.65 Å². The molecule has 1 amide bonds. The van der Waals surface area contributed by atoms with Crippen molar-refractivity contribution < 1.29 is 9.18 Å². The number of anilines is 1. The molecule has 8 heteroatoms. The number of hydrogen-bond acceptors (Lipinski definition) is 4. The normalized spacial score (nSPS) is 10.4. The summed E-state index contributed by atoms with van der Waals surface area (Å²) >= 11 is 3.45. The minimum atomic E-state index is -0.336. The van der Waals surface area contributed by atoms with Crippen LogP contribution in [-0.4, -0.2) is 27.0 Å². The van der Waals surface area contributed by atoms with Crippen LogP contribution < -0.4 is 10.6 Å². The van der Waals surface area contributed by atoms with Crippen LogP contribution in [0.15, 0.2) is 65.3 Å². The third kappa shape index (κ3) is 5.13. The van der Waals surface area contributed by atoms with E-state index in [4.69, 9.17) is 0 Å². The van der Waals surface area contributed by atoms with Crippen molar-refractivity contribution in [2.75, 3.05) is 11.9 Å². The Hall–Kier alpha value is -3.26. The number of amides is 1. The molecule has 166 valence electrons. The van der Waals surface area contributed by atoms with Gasteiger partial charge >= 0.3 is 0 Å². The molecule has 4 aromatic rings. The van der Waals surface area contributed by atoms with Gasteiger partial charge in [0.1, 0.15) is 11.6 Å². The van der Waals surface area contributed by atoms with E-state index in [0.29, 0.717) is 41.4 Å². The van der Waals surface area contributed by atoms with Gasteiger partial charge in [0.2, 0.25) is 0 Å². The van der Waals surface area contributed by atoms with Crippen LogP contribution >= 0.6 is 15.9 Å². The van der Waals surface area contributed by atoms with Crippen LogP contribution in [0.4, 0.5) is 10.2 Å². The standard InChI is InChI=1S/C22H19BrFN5O.C2H6/c1-2-25-22(30)15-9-7-14(8-10-15)12-26-20-11-19(16-5-3-4-6-18(16)24)28-21-17(23)13-27-29(20)21;1-2/h3-11,13,26H,2,12H2,1H3,(H,25,30);1-2H3. The highest BCUT2D eigenvalue weighted by Crippen LogP contribution is 2.27. The van der Waals surface area contributed by atoms with E-state index in [1.54, 1.807) is 47.1 Å². The van der Waals surface area contributed by atoms with Crippen molar-refractivity contribution in [1.82, 2.24) is 19.9 Å². The molecular formula is C24H25BrFN5O. The summed E-state index contributed by atoms with van der Waals surface area (Å²) in [5.74, 6) is 0.248. The van der Waals surface area contributed by atoms with Crippen molar-refractivity contribution in [1.29, 1.82) is 0 Å². The Balaban J connectivity index is 0.00000141. The SMILES string of the molecule is CC.CCNC(=O)c1ccc(CNc2cc(-c3ccccc3F)nc3c(Br)cnn23)cc1. The lowest BCUT2D eigenvalue weighted by atomic mass is 10.1. The Morgan fingerprint density at radius 2 is 1.84 bits per heavy atom. The Labute approximate surface area is 195 Å². The molecule has 0 aliphatic rings. The number of carbonyl (C=O) groups is 1. The van der Waals surface area contributed by atoms with Crippen molar-refractivity contribution in [3.63, 3.8) is 0 Å². The summed E-state index contributed by atoms with van der Waals surface area (Å²) in [7, 11) is 0. The smallest absolute Gasteiger partial charge is 0.251 e. The Bertz CT molecular complexity index is 1210. The predicted molar refractivity (Wildman–Crippen MR) is 129 cm³/mol. The van der Waals surface area contributed by atoms with Crippen LogP contribution in [0.3, 0.4) is 0 Å². The fourth-order valence-electron chi connectivity index (χ4n) is 3.10. The molecule has 4 rings (SSSR count). The summed E-state index contributed by atoms with van der Waals surface area (Å²) in [5, 5.41) is 10.5. The molecule has 2 aromatic heterocycles. The van der Waals surface area contributed by atoms with Crippen LogP contribution in [0, 0.1) is 5.82 Å². The Morgan fingerprint density at radius 1 is 1.12 bits per heavy atom. The van der Waals surface area contributed by atoms with Crippen LogP contribution in [0.1, 0.15) is 36.7 Å². The Morgan fingerprint density at radius 3 is 2.53 bits per heavy atom. The van der Waals surface area contributed by atoms with Gasteiger partial charge in [-0.1, -0.05) is 38.1 Å². The zero-order valence-electron chi connectivity index (χ0n) is 18.2. The molecule has 2 heterocycles. The molecule has 2 N–H and O–H groups in total. The molecule has 0 bridgehead atoms. The average molecular weight is 498 g/mol. The fourth-order valence-corrected chi connectivity index (χ4v) is 3.45. The highest BCUT2D eigenvalue weighted by Gasteiger charge is 2.14. The molecule has 0 atom stereocenters. The third-order valence-corrected chi connectivity index (χ3v) is 5.17. The second-order valence-corrected chi connectivity index (χ2v) is 7.50. The number of carbonyl (C=O) groups excluding carboxylic acids is 1. The first-order chi connectivity index (χ1) is 15.6. The van der Waals surface area contributed by atoms with Crippen LogP contribution in [-0.2, 0) is 6.54 Å². The van der Waals surface area contributed by atoms with E-state index < -0.39 is 0 Å². The number of halogens is 2. The van der Waals surface area contributed by atoms with E-state index in [9.17, 15) is 9.18 Å². The summed E-state index contributed by atoms with van der Waals surface area (Å²) in [6.45, 7) is 6.97. The summed E-state index contributed by atoms with van der Waals surface area (Å²) in [6, 6.07) is 15.7.